The molecule has 0 heterocycles. The maximum Gasteiger partial charge on any atom is 0.123 e. The Labute approximate surface area is 43.2 Å². The lowest BCUT2D eigenvalue weighted by Gasteiger charge is -2.05. The van der Waals surface area contributed by atoms with Crippen LogP contribution in [0.4, 0.5) is 4.39 Å². The molecule has 0 unspecified atom stereocenters. The molecule has 1 nitrogen and oxygen atoms in total. The molecule has 0 aliphatic rings. The summed E-state index contributed by atoms with van der Waals surface area (Å²) < 4.78 is 11.8. The monoisotopic (exact) mass is 106 g/mol. The molecule has 2 heteroatoms. The summed E-state index contributed by atoms with van der Waals surface area (Å²) in [5.41, 5.74) is 0. The van der Waals surface area contributed by atoms with Crippen molar-refractivity contribution in [2.45, 2.75) is 32.5 Å². The Morgan fingerprint density at radius 1 is 1.71 bits per heavy atom. The molecule has 0 fully saturated rings. The standard InChI is InChI=1S/C5H11FO/c1-3-5(7)4(2)6/h4-5,7H,3H2,1-2H3/t4-,5-/m0/s1. The molecule has 44 valence electrons. The Morgan fingerprint density at radius 3 is 2.14 bits per heavy atom. The first-order chi connectivity index (χ1) is 3.18. The minimum absolute atomic E-state index is 0.498. The van der Waals surface area contributed by atoms with E-state index in [-0.39, 0.29) is 0 Å². The molecule has 0 radical (unpaired) electrons. The fraction of sp³-hybridized carbons (Fsp3) is 1.00. The Balaban J connectivity index is 3.14. The number of rotatable bonds is 2. The molecular weight excluding hydrogens is 95.1 g/mol. The average molecular weight is 106 g/mol. The van der Waals surface area contributed by atoms with Crippen molar-refractivity contribution in [3.63, 3.8) is 0 Å². The molecule has 7 heavy (non-hydrogen) atoms. The summed E-state index contributed by atoms with van der Waals surface area (Å²) in [4.78, 5) is 0. The van der Waals surface area contributed by atoms with Crippen molar-refractivity contribution in [3.8, 4) is 0 Å². The highest BCUT2D eigenvalue weighted by Gasteiger charge is 2.07. The van der Waals surface area contributed by atoms with Crippen LogP contribution < -0.4 is 0 Å². The number of halogens is 1. The molecule has 2 atom stereocenters. The summed E-state index contributed by atoms with van der Waals surface area (Å²) in [7, 11) is 0. The molecule has 0 rings (SSSR count). The Morgan fingerprint density at radius 2 is 2.14 bits per heavy atom. The normalized spacial score (nSPS) is 18.9. The largest absolute Gasteiger partial charge is 0.390 e. The van der Waals surface area contributed by atoms with Crippen molar-refractivity contribution in [2.75, 3.05) is 0 Å². The van der Waals surface area contributed by atoms with Gasteiger partial charge in [0.15, 0.2) is 0 Å². The van der Waals surface area contributed by atoms with Crippen LogP contribution >= 0.6 is 0 Å². The van der Waals surface area contributed by atoms with Crippen LogP contribution in [0.3, 0.4) is 0 Å². The van der Waals surface area contributed by atoms with Gasteiger partial charge in [-0.15, -0.1) is 0 Å². The molecule has 0 amide bonds. The van der Waals surface area contributed by atoms with E-state index in [0.717, 1.165) is 0 Å². The van der Waals surface area contributed by atoms with Gasteiger partial charge in [-0.25, -0.2) is 4.39 Å². The number of aliphatic hydroxyl groups is 1. The minimum Gasteiger partial charge on any atom is -0.390 e. The third-order valence-electron chi connectivity index (χ3n) is 0.948. The molecule has 0 spiro atoms. The SMILES string of the molecule is CC[C@H](O)[C@H](C)F. The first kappa shape index (κ1) is 6.89. The fourth-order valence-corrected chi connectivity index (χ4v) is 0.325. The van der Waals surface area contributed by atoms with Crippen LogP contribution in [-0.2, 0) is 0 Å². The topological polar surface area (TPSA) is 20.2 Å². The smallest absolute Gasteiger partial charge is 0.123 e. The summed E-state index contributed by atoms with van der Waals surface area (Å²) in [6, 6.07) is 0. The molecule has 0 aliphatic carbocycles. The molecule has 0 saturated heterocycles. The third kappa shape index (κ3) is 2.57. The van der Waals surface area contributed by atoms with Crippen LogP contribution in [0.25, 0.3) is 0 Å². The average Bonchev–Trinajstić information content (AvgIpc) is 1.65. The second kappa shape index (κ2) is 2.97. The number of hydrogen-bond donors (Lipinski definition) is 1. The van der Waals surface area contributed by atoms with Crippen molar-refractivity contribution in [1.82, 2.24) is 0 Å². The third-order valence-corrected chi connectivity index (χ3v) is 0.948. The van der Waals surface area contributed by atoms with E-state index in [0.29, 0.717) is 6.42 Å². The van der Waals surface area contributed by atoms with Crippen LogP contribution in [0.2, 0.25) is 0 Å². The molecule has 0 bridgehead atoms. The Hall–Kier alpha value is -0.110. The number of aliphatic hydroxyl groups excluding tert-OH is 1. The van der Waals surface area contributed by atoms with E-state index >= 15 is 0 Å². The van der Waals surface area contributed by atoms with Gasteiger partial charge in [-0.1, -0.05) is 6.92 Å². The van der Waals surface area contributed by atoms with E-state index in [1.807, 2.05) is 0 Å². The van der Waals surface area contributed by atoms with E-state index in [1.165, 1.54) is 6.92 Å². The van der Waals surface area contributed by atoms with Crippen LogP contribution in [0.15, 0.2) is 0 Å². The minimum atomic E-state index is -1.08. The van der Waals surface area contributed by atoms with Crippen molar-refractivity contribution in [1.29, 1.82) is 0 Å². The van der Waals surface area contributed by atoms with E-state index in [9.17, 15) is 4.39 Å². The van der Waals surface area contributed by atoms with Crippen molar-refractivity contribution >= 4 is 0 Å². The number of hydrogen-bond acceptors (Lipinski definition) is 1. The lowest BCUT2D eigenvalue weighted by Crippen LogP contribution is -2.16. The predicted molar refractivity (Wildman–Crippen MR) is 26.9 cm³/mol. The summed E-state index contributed by atoms with van der Waals surface area (Å²) in [6.07, 6.45) is -1.34. The van der Waals surface area contributed by atoms with E-state index in [2.05, 4.69) is 0 Å². The maximum absolute atomic E-state index is 11.8. The van der Waals surface area contributed by atoms with Gasteiger partial charge in [-0.2, -0.15) is 0 Å². The Bertz CT molecular complexity index is 45.3. The molecule has 0 aromatic heterocycles. The second-order valence-electron chi connectivity index (χ2n) is 1.65. The van der Waals surface area contributed by atoms with Crippen molar-refractivity contribution in [2.24, 2.45) is 0 Å². The van der Waals surface area contributed by atoms with Gasteiger partial charge in [-0.05, 0) is 13.3 Å². The molecule has 0 aromatic carbocycles. The first-order valence-electron chi connectivity index (χ1n) is 2.50. The van der Waals surface area contributed by atoms with E-state index < -0.39 is 12.3 Å². The molecule has 0 aromatic rings. The summed E-state index contributed by atoms with van der Waals surface area (Å²) in [5, 5.41) is 8.56. The zero-order valence-corrected chi connectivity index (χ0v) is 4.69. The number of alkyl halides is 1. The van der Waals surface area contributed by atoms with Gasteiger partial charge in [-0.3, -0.25) is 0 Å². The fourth-order valence-electron chi connectivity index (χ4n) is 0.325. The van der Waals surface area contributed by atoms with Crippen molar-refractivity contribution < 1.29 is 9.50 Å². The molecule has 0 aliphatic heterocycles. The zero-order valence-electron chi connectivity index (χ0n) is 4.69. The highest BCUT2D eigenvalue weighted by molar-refractivity contribution is 4.57. The first-order valence-corrected chi connectivity index (χ1v) is 2.50. The molecular formula is C5H11FO. The van der Waals surface area contributed by atoms with Crippen LogP contribution in [0.5, 0.6) is 0 Å². The van der Waals surface area contributed by atoms with Gasteiger partial charge in [0.05, 0.1) is 6.10 Å². The summed E-state index contributed by atoms with van der Waals surface area (Å²) in [5.74, 6) is 0. The van der Waals surface area contributed by atoms with Crippen LogP contribution in [0.1, 0.15) is 20.3 Å². The van der Waals surface area contributed by atoms with Gasteiger partial charge in [0.1, 0.15) is 6.17 Å². The predicted octanol–water partition coefficient (Wildman–Crippen LogP) is 1.12. The summed E-state index contributed by atoms with van der Waals surface area (Å²) in [6.45, 7) is 3.11. The highest BCUT2D eigenvalue weighted by Crippen LogP contribution is 1.99. The van der Waals surface area contributed by atoms with Gasteiger partial charge in [0.2, 0.25) is 0 Å². The van der Waals surface area contributed by atoms with E-state index in [4.69, 9.17) is 5.11 Å². The van der Waals surface area contributed by atoms with Gasteiger partial charge < -0.3 is 5.11 Å². The van der Waals surface area contributed by atoms with Gasteiger partial charge >= 0.3 is 0 Å². The van der Waals surface area contributed by atoms with Crippen molar-refractivity contribution in [3.05, 3.63) is 0 Å². The Kier molecular flexibility index (Phi) is 2.92. The lowest BCUT2D eigenvalue weighted by molar-refractivity contribution is 0.0849. The van der Waals surface area contributed by atoms with Crippen LogP contribution in [-0.4, -0.2) is 17.4 Å². The summed E-state index contributed by atoms with van der Waals surface area (Å²) >= 11 is 0. The quantitative estimate of drug-likeness (QED) is 0.559. The molecule has 1 N–H and O–H groups in total. The van der Waals surface area contributed by atoms with E-state index in [1.54, 1.807) is 6.92 Å². The zero-order chi connectivity index (χ0) is 5.86. The van der Waals surface area contributed by atoms with Gasteiger partial charge in [0, 0.05) is 0 Å². The second-order valence-corrected chi connectivity index (χ2v) is 1.65. The lowest BCUT2D eigenvalue weighted by atomic mass is 10.2. The maximum atomic E-state index is 11.8. The molecule has 0 saturated carbocycles. The van der Waals surface area contributed by atoms with Crippen LogP contribution in [0, 0.1) is 0 Å². The van der Waals surface area contributed by atoms with Gasteiger partial charge in [0.25, 0.3) is 0 Å². The highest BCUT2D eigenvalue weighted by atomic mass is 19.1.